The normalized spacial score (nSPS) is 14.2. The van der Waals surface area contributed by atoms with E-state index < -0.39 is 6.04 Å². The zero-order valence-electron chi connectivity index (χ0n) is 22.6. The standard InChI is InChI=1S/C30H35N3O5S/c1-20(34)31-22-14-16-23(17-15-22)33(27(35)19-24-11-8-18-39-24)28(30(36)32-21-9-5-4-6-10-21)25-12-7-13-26(37-2)29(25)38-3/h7-8,11-18,21,28H,4-6,9-10,19H2,1-3H3,(H,31,34)(H,32,36)/t28-/m0/s1. The van der Waals surface area contributed by atoms with Gasteiger partial charge in [-0.05, 0) is 54.6 Å². The highest BCUT2D eigenvalue weighted by atomic mass is 32.1. The van der Waals surface area contributed by atoms with Crippen molar-refractivity contribution in [2.24, 2.45) is 0 Å². The van der Waals surface area contributed by atoms with Crippen molar-refractivity contribution in [1.82, 2.24) is 5.32 Å². The van der Waals surface area contributed by atoms with E-state index in [0.717, 1.165) is 37.0 Å². The Bertz CT molecular complexity index is 1270. The predicted molar refractivity (Wildman–Crippen MR) is 154 cm³/mol. The summed E-state index contributed by atoms with van der Waals surface area (Å²) in [7, 11) is 3.07. The quantitative estimate of drug-likeness (QED) is 0.349. The number of methoxy groups -OCH3 is 2. The average Bonchev–Trinajstić information content (AvgIpc) is 3.45. The van der Waals surface area contributed by atoms with E-state index in [0.29, 0.717) is 28.4 Å². The minimum absolute atomic E-state index is 0.0433. The molecule has 1 heterocycles. The van der Waals surface area contributed by atoms with E-state index in [1.807, 2.05) is 17.5 Å². The number of nitrogens with zero attached hydrogens (tertiary/aromatic N) is 1. The lowest BCUT2D eigenvalue weighted by molar-refractivity contribution is -0.127. The van der Waals surface area contributed by atoms with Gasteiger partial charge in [0.05, 0.1) is 20.6 Å². The van der Waals surface area contributed by atoms with Crippen LogP contribution in [0.25, 0.3) is 0 Å². The van der Waals surface area contributed by atoms with Crippen LogP contribution >= 0.6 is 11.3 Å². The van der Waals surface area contributed by atoms with Gasteiger partial charge in [0.25, 0.3) is 0 Å². The van der Waals surface area contributed by atoms with Gasteiger partial charge in [-0.3, -0.25) is 19.3 Å². The molecule has 1 aliphatic rings. The van der Waals surface area contributed by atoms with Gasteiger partial charge in [0.1, 0.15) is 6.04 Å². The minimum Gasteiger partial charge on any atom is -0.493 e. The average molecular weight is 550 g/mol. The molecule has 39 heavy (non-hydrogen) atoms. The molecule has 1 atom stereocenters. The van der Waals surface area contributed by atoms with Crippen molar-refractivity contribution >= 4 is 40.4 Å². The lowest BCUT2D eigenvalue weighted by Gasteiger charge is -2.34. The SMILES string of the molecule is COc1cccc([C@@H](C(=O)NC2CCCCC2)N(C(=O)Cc2cccs2)c2ccc(NC(C)=O)cc2)c1OC. The Morgan fingerprint density at radius 2 is 1.72 bits per heavy atom. The van der Waals surface area contributed by atoms with Crippen LogP contribution in [0.5, 0.6) is 11.5 Å². The van der Waals surface area contributed by atoms with Crippen molar-refractivity contribution in [3.63, 3.8) is 0 Å². The summed E-state index contributed by atoms with van der Waals surface area (Å²) in [5.41, 5.74) is 1.65. The smallest absolute Gasteiger partial charge is 0.248 e. The van der Waals surface area contributed by atoms with Crippen LogP contribution in [-0.4, -0.2) is 38.0 Å². The van der Waals surface area contributed by atoms with E-state index in [4.69, 9.17) is 9.47 Å². The van der Waals surface area contributed by atoms with E-state index in [9.17, 15) is 14.4 Å². The monoisotopic (exact) mass is 549 g/mol. The number of rotatable bonds is 10. The number of carbonyl (C=O) groups is 3. The molecule has 8 nitrogen and oxygen atoms in total. The highest BCUT2D eigenvalue weighted by Crippen LogP contribution is 2.40. The van der Waals surface area contributed by atoms with Gasteiger partial charge in [-0.2, -0.15) is 0 Å². The number of hydrogen-bond acceptors (Lipinski definition) is 6. The van der Waals surface area contributed by atoms with Gasteiger partial charge in [0, 0.05) is 34.8 Å². The first-order chi connectivity index (χ1) is 18.9. The fourth-order valence-corrected chi connectivity index (χ4v) is 5.74. The summed E-state index contributed by atoms with van der Waals surface area (Å²) in [4.78, 5) is 42.2. The van der Waals surface area contributed by atoms with E-state index in [2.05, 4.69) is 10.6 Å². The van der Waals surface area contributed by atoms with Crippen LogP contribution in [0, 0.1) is 0 Å². The first-order valence-corrected chi connectivity index (χ1v) is 14.0. The molecule has 1 aliphatic carbocycles. The molecule has 2 N–H and O–H groups in total. The third-order valence-corrected chi connectivity index (χ3v) is 7.70. The topological polar surface area (TPSA) is 97.0 Å². The summed E-state index contributed by atoms with van der Waals surface area (Å²) in [5.74, 6) is 0.154. The van der Waals surface area contributed by atoms with Crippen LogP contribution < -0.4 is 25.0 Å². The maximum absolute atomic E-state index is 14.2. The van der Waals surface area contributed by atoms with Crippen molar-refractivity contribution in [1.29, 1.82) is 0 Å². The maximum atomic E-state index is 14.2. The van der Waals surface area contributed by atoms with Crippen molar-refractivity contribution in [2.45, 2.75) is 57.5 Å². The Kier molecular flexibility index (Phi) is 9.59. The van der Waals surface area contributed by atoms with E-state index in [1.165, 1.54) is 30.3 Å². The largest absolute Gasteiger partial charge is 0.493 e. The molecule has 0 spiro atoms. The molecule has 1 saturated carbocycles. The zero-order chi connectivity index (χ0) is 27.8. The van der Waals surface area contributed by atoms with E-state index in [1.54, 1.807) is 49.6 Å². The molecule has 206 valence electrons. The third kappa shape index (κ3) is 6.97. The molecule has 3 aromatic rings. The molecular weight excluding hydrogens is 514 g/mol. The Labute approximate surface area is 233 Å². The van der Waals surface area contributed by atoms with Crippen LogP contribution in [0.1, 0.15) is 55.5 Å². The second-order valence-electron chi connectivity index (χ2n) is 9.58. The lowest BCUT2D eigenvalue weighted by Crippen LogP contribution is -2.47. The molecular formula is C30H35N3O5S. The first kappa shape index (κ1) is 28.2. The maximum Gasteiger partial charge on any atom is 0.248 e. The highest BCUT2D eigenvalue weighted by Gasteiger charge is 2.36. The van der Waals surface area contributed by atoms with Crippen molar-refractivity contribution in [3.8, 4) is 11.5 Å². The van der Waals surface area contributed by atoms with Gasteiger partial charge < -0.3 is 20.1 Å². The number of anilines is 2. The Hall–Kier alpha value is -3.85. The number of thiophene rings is 1. The van der Waals surface area contributed by atoms with Crippen LogP contribution in [0.15, 0.2) is 60.0 Å². The minimum atomic E-state index is -1.02. The number of amides is 3. The second-order valence-corrected chi connectivity index (χ2v) is 10.6. The molecule has 1 fully saturated rings. The number of hydrogen-bond donors (Lipinski definition) is 2. The van der Waals surface area contributed by atoms with Crippen LogP contribution in [0.2, 0.25) is 0 Å². The summed E-state index contributed by atoms with van der Waals surface area (Å²) >= 11 is 1.49. The van der Waals surface area contributed by atoms with Gasteiger partial charge in [0.15, 0.2) is 11.5 Å². The third-order valence-electron chi connectivity index (χ3n) is 6.83. The van der Waals surface area contributed by atoms with Gasteiger partial charge >= 0.3 is 0 Å². The summed E-state index contributed by atoms with van der Waals surface area (Å²) < 4.78 is 11.3. The summed E-state index contributed by atoms with van der Waals surface area (Å²) in [6.07, 6.45) is 5.22. The Morgan fingerprint density at radius 3 is 2.33 bits per heavy atom. The first-order valence-electron chi connectivity index (χ1n) is 13.1. The highest BCUT2D eigenvalue weighted by molar-refractivity contribution is 7.10. The molecule has 9 heteroatoms. The van der Waals surface area contributed by atoms with Crippen molar-refractivity contribution < 1.29 is 23.9 Å². The summed E-state index contributed by atoms with van der Waals surface area (Å²) in [6, 6.07) is 15.1. The van der Waals surface area contributed by atoms with Crippen molar-refractivity contribution in [3.05, 3.63) is 70.4 Å². The Morgan fingerprint density at radius 1 is 0.974 bits per heavy atom. The number of nitrogens with one attached hydrogen (secondary N) is 2. The van der Waals surface area contributed by atoms with E-state index in [-0.39, 0.29) is 30.2 Å². The molecule has 0 bridgehead atoms. The van der Waals surface area contributed by atoms with Gasteiger partial charge in [-0.25, -0.2) is 0 Å². The molecule has 4 rings (SSSR count). The molecule has 3 amide bonds. The fourth-order valence-electron chi connectivity index (χ4n) is 5.04. The van der Waals surface area contributed by atoms with Crippen molar-refractivity contribution in [2.75, 3.05) is 24.4 Å². The molecule has 2 aromatic carbocycles. The summed E-state index contributed by atoms with van der Waals surface area (Å²) in [6.45, 7) is 1.44. The number of para-hydroxylation sites is 1. The molecule has 0 saturated heterocycles. The van der Waals surface area contributed by atoms with Crippen LogP contribution in [-0.2, 0) is 20.8 Å². The zero-order valence-corrected chi connectivity index (χ0v) is 23.4. The number of carbonyl (C=O) groups excluding carboxylic acids is 3. The van der Waals surface area contributed by atoms with Crippen LogP contribution in [0.4, 0.5) is 11.4 Å². The molecule has 1 aromatic heterocycles. The summed E-state index contributed by atoms with van der Waals surface area (Å²) in [5, 5.41) is 7.90. The lowest BCUT2D eigenvalue weighted by atomic mass is 9.94. The van der Waals surface area contributed by atoms with Crippen LogP contribution in [0.3, 0.4) is 0 Å². The molecule has 0 unspecified atom stereocenters. The number of ether oxygens (including phenoxy) is 2. The van der Waals surface area contributed by atoms with E-state index >= 15 is 0 Å². The fraction of sp³-hybridized carbons (Fsp3) is 0.367. The van der Waals surface area contributed by atoms with Gasteiger partial charge in [-0.15, -0.1) is 11.3 Å². The molecule has 0 aliphatic heterocycles. The Balaban J connectivity index is 1.82. The second kappa shape index (κ2) is 13.3. The number of benzene rings is 2. The van der Waals surface area contributed by atoms with Gasteiger partial charge in [0.2, 0.25) is 17.7 Å². The predicted octanol–water partition coefficient (Wildman–Crippen LogP) is 5.49. The molecule has 0 radical (unpaired) electrons. The van der Waals surface area contributed by atoms with Gasteiger partial charge in [-0.1, -0.05) is 37.5 Å².